The molecule has 0 saturated carbocycles. The lowest BCUT2D eigenvalue weighted by atomic mass is 9.92. The van der Waals surface area contributed by atoms with Gasteiger partial charge in [-0.3, -0.25) is 38.2 Å². The van der Waals surface area contributed by atoms with Gasteiger partial charge in [-0.2, -0.15) is 5.26 Å². The number of allylic oxidation sites excluding steroid dienone is 1. The van der Waals surface area contributed by atoms with Crippen LogP contribution in [0.5, 0.6) is 0 Å². The molecule has 8 amide bonds. The molecule has 2 aliphatic rings. The normalized spacial score (nSPS) is 16.4. The molecule has 4 atom stereocenters. The standard InChI is InChI=1S/C37H49N11O6.C9H13BN3O4.C3H8/c1-25-13-17-47(32(50)12-15-38)22-30(25)46(5)33-28-14-18-48(34(28)41-24-40-33)36(52)44(3)19-20-45(4)37(53)54-23-26-8-10-27(11-9-26)42-31(49)21-39-35(51)29-7-6-16-43(29)2;1-2-3-9(17)13(6-15)10-12-7(5-14)4-8(11)16;1-3-2/h8-11,14,18,24-25,29-30H,6-7,12-13,16-17,19-23H2,1-5H3,(H,39,51)(H,42,49);2-3,5-7,12H,4H2,1H3,(H2,11,16);3H2,1-2H3/b;3-2-;. The van der Waals surface area contributed by atoms with Gasteiger partial charge in [0.1, 0.15) is 31.5 Å². The molecule has 5 rings (SSSR count). The average Bonchev–Trinajstić information content (AvgIpc) is 4.03. The molecule has 1 aromatic carbocycles. The summed E-state index contributed by atoms with van der Waals surface area (Å²) in [5.74, 6) is -1.01. The Hall–Kier alpha value is -7.72. The molecule has 0 bridgehead atoms. The number of aromatic nitrogens is 3. The third-order valence-electron chi connectivity index (χ3n) is 11.9. The number of rotatable bonds is 20. The van der Waals surface area contributed by atoms with E-state index in [9.17, 15) is 43.2 Å². The van der Waals surface area contributed by atoms with Gasteiger partial charge in [0.05, 0.1) is 36.1 Å². The summed E-state index contributed by atoms with van der Waals surface area (Å²) in [6.07, 6.45) is 9.29. The van der Waals surface area contributed by atoms with E-state index in [2.05, 4.69) is 46.6 Å². The van der Waals surface area contributed by atoms with Gasteiger partial charge in [-0.15, -0.1) is 0 Å². The molecule has 1 radical (unpaired) electrons. The molecule has 0 spiro atoms. The number of fused-ring (bicyclic) bond motifs is 1. The zero-order valence-electron chi connectivity index (χ0n) is 43.6. The summed E-state index contributed by atoms with van der Waals surface area (Å²) in [5.41, 5.74) is 6.60. The third-order valence-corrected chi connectivity index (χ3v) is 11.9. The van der Waals surface area contributed by atoms with Crippen molar-refractivity contribution in [2.75, 3.05) is 77.7 Å². The first-order valence-corrected chi connectivity index (χ1v) is 24.3. The molecule has 74 heavy (non-hydrogen) atoms. The number of anilines is 2. The quantitative estimate of drug-likeness (QED) is 0.0714. The van der Waals surface area contributed by atoms with Gasteiger partial charge >= 0.3 is 19.7 Å². The van der Waals surface area contributed by atoms with E-state index < -0.39 is 23.9 Å². The van der Waals surface area contributed by atoms with Crippen LogP contribution in [-0.4, -0.2) is 186 Å². The number of piperidine rings is 1. The number of benzene rings is 1. The molecular weight excluding hydrogens is 955 g/mol. The highest BCUT2D eigenvalue weighted by Crippen LogP contribution is 2.30. The summed E-state index contributed by atoms with van der Waals surface area (Å²) >= 11 is 0. The van der Waals surface area contributed by atoms with E-state index in [1.807, 2.05) is 30.0 Å². The second-order valence-corrected chi connectivity index (χ2v) is 17.8. The van der Waals surface area contributed by atoms with Crippen LogP contribution in [0.1, 0.15) is 71.8 Å². The van der Waals surface area contributed by atoms with Gasteiger partial charge in [0, 0.05) is 65.6 Å². The molecule has 2 saturated heterocycles. The van der Waals surface area contributed by atoms with Crippen LogP contribution in [0.2, 0.25) is 0 Å². The number of carbonyl (C=O) groups is 9. The van der Waals surface area contributed by atoms with E-state index in [4.69, 9.17) is 15.7 Å². The Kier molecular flexibility index (Phi) is 25.4. The first kappa shape index (κ1) is 60.6. The number of primary amides is 1. The number of hydrogen-bond acceptors (Lipinski definition) is 16. The maximum Gasteiger partial charge on any atom is 0.409 e. The largest absolute Gasteiger partial charge is 0.445 e. The first-order chi connectivity index (χ1) is 35.3. The Morgan fingerprint density at radius 1 is 1.00 bits per heavy atom. The second kappa shape index (κ2) is 31.0. The van der Waals surface area contributed by atoms with Crippen molar-refractivity contribution in [3.63, 3.8) is 0 Å². The van der Waals surface area contributed by atoms with Crippen molar-refractivity contribution in [1.29, 1.82) is 5.26 Å². The number of aldehydes is 1. The summed E-state index contributed by atoms with van der Waals surface area (Å²) in [6, 6.07) is 9.14. The van der Waals surface area contributed by atoms with Crippen LogP contribution < -0.4 is 26.5 Å². The number of amides is 8. The fourth-order valence-electron chi connectivity index (χ4n) is 7.75. The topological polar surface area (TPSA) is 299 Å². The number of likely N-dealkylation sites (N-methyl/N-ethyl adjacent to an activating group) is 4. The van der Waals surface area contributed by atoms with Crippen LogP contribution in [-0.2, 0) is 44.9 Å². The molecule has 2 aliphatic heterocycles. The van der Waals surface area contributed by atoms with Crippen molar-refractivity contribution < 1.29 is 47.9 Å². The minimum Gasteiger partial charge on any atom is -0.445 e. The van der Waals surface area contributed by atoms with E-state index in [1.165, 1.54) is 39.3 Å². The van der Waals surface area contributed by atoms with Crippen LogP contribution in [0.25, 0.3) is 11.0 Å². The number of nitrogens with zero attached hydrogens (tertiary/aromatic N) is 10. The average molecular weight is 1030 g/mol. The van der Waals surface area contributed by atoms with Crippen LogP contribution >= 0.6 is 0 Å². The Morgan fingerprint density at radius 2 is 1.69 bits per heavy atom. The predicted molar refractivity (Wildman–Crippen MR) is 277 cm³/mol. The first-order valence-electron chi connectivity index (χ1n) is 24.3. The molecule has 2 aromatic heterocycles. The van der Waals surface area contributed by atoms with E-state index in [-0.39, 0.29) is 87.2 Å². The summed E-state index contributed by atoms with van der Waals surface area (Å²) < 4.78 is 6.90. The SMILES string of the molecule is C/C=C\C(=O)N([B]NC(C=O)CC(N)=O)C=O.CC1CCN(C(=O)CC#N)CC1N(C)c1ncnc2c1ccn2C(=O)N(C)CCN(C)C(=O)OCc1ccc(NC(=O)CNC(=O)C2CCCN2C)cc1.CCC. The fraction of sp³-hybridized carbons (Fsp3) is 0.510. The Balaban J connectivity index is 0.000000610. The zero-order valence-corrected chi connectivity index (χ0v) is 43.6. The van der Waals surface area contributed by atoms with Crippen molar-refractivity contribution in [2.24, 2.45) is 11.7 Å². The fourth-order valence-corrected chi connectivity index (χ4v) is 7.75. The van der Waals surface area contributed by atoms with E-state index in [1.54, 1.807) is 62.4 Å². The Bertz CT molecular complexity index is 2470. The molecule has 4 unspecified atom stereocenters. The number of hydrogen-bond donors (Lipinski definition) is 4. The Labute approximate surface area is 432 Å². The summed E-state index contributed by atoms with van der Waals surface area (Å²) in [6.45, 7) is 10.3. The van der Waals surface area contributed by atoms with Crippen molar-refractivity contribution in [1.82, 2.24) is 49.5 Å². The number of carbonyl (C=O) groups excluding carboxylic acids is 9. The Morgan fingerprint density at radius 3 is 2.30 bits per heavy atom. The van der Waals surface area contributed by atoms with Crippen molar-refractivity contribution in [3.05, 3.63) is 60.6 Å². The third kappa shape index (κ3) is 18.4. The van der Waals surface area contributed by atoms with Gasteiger partial charge in [0.25, 0.3) is 0 Å². The van der Waals surface area contributed by atoms with E-state index in [0.29, 0.717) is 52.3 Å². The summed E-state index contributed by atoms with van der Waals surface area (Å²) in [4.78, 5) is 125. The summed E-state index contributed by atoms with van der Waals surface area (Å²) in [5, 5.41) is 17.6. The maximum atomic E-state index is 13.5. The lowest BCUT2D eigenvalue weighted by molar-refractivity contribution is -0.132. The number of likely N-dealkylation sites (tertiary alicyclic amines) is 2. The molecule has 0 aliphatic carbocycles. The van der Waals surface area contributed by atoms with E-state index >= 15 is 0 Å². The van der Waals surface area contributed by atoms with Gasteiger partial charge in [-0.1, -0.05) is 45.4 Å². The number of nitriles is 1. The van der Waals surface area contributed by atoms with Gasteiger partial charge in [0.15, 0.2) is 5.65 Å². The van der Waals surface area contributed by atoms with Crippen LogP contribution in [0.15, 0.2) is 55.0 Å². The predicted octanol–water partition coefficient (Wildman–Crippen LogP) is 1.87. The number of nitrogens with two attached hydrogens (primary N) is 1. The number of ether oxygens (including phenoxy) is 1. The molecule has 24 nitrogen and oxygen atoms in total. The zero-order chi connectivity index (χ0) is 54.9. The lowest BCUT2D eigenvalue weighted by Crippen LogP contribution is -2.52. The number of nitrogens with one attached hydrogen (secondary N) is 3. The molecular formula is C49H70BN14O10. The lowest BCUT2D eigenvalue weighted by Gasteiger charge is -2.42. The minimum atomic E-state index is -0.867. The molecule has 25 heteroatoms. The smallest absolute Gasteiger partial charge is 0.409 e. The van der Waals surface area contributed by atoms with Gasteiger partial charge in [0.2, 0.25) is 35.9 Å². The molecule has 4 heterocycles. The van der Waals surface area contributed by atoms with Crippen molar-refractivity contribution in [3.8, 4) is 6.07 Å². The van der Waals surface area contributed by atoms with E-state index in [0.717, 1.165) is 33.4 Å². The highest BCUT2D eigenvalue weighted by Gasteiger charge is 2.33. The minimum absolute atomic E-state index is 0.0107. The van der Waals surface area contributed by atoms with Crippen LogP contribution in [0.3, 0.4) is 0 Å². The number of imide groups is 1. The highest BCUT2D eigenvalue weighted by molar-refractivity contribution is 6.39. The maximum absolute atomic E-state index is 13.5. The second-order valence-electron chi connectivity index (χ2n) is 17.8. The van der Waals surface area contributed by atoms with Gasteiger partial charge in [-0.05, 0) is 75.5 Å². The van der Waals surface area contributed by atoms with Gasteiger partial charge in [-0.25, -0.2) is 19.6 Å². The molecule has 2 fully saturated rings. The van der Waals surface area contributed by atoms with Crippen molar-refractivity contribution >= 4 is 84.4 Å². The van der Waals surface area contributed by atoms with Gasteiger partial charge < -0.3 is 55.5 Å². The molecule has 399 valence electrons. The van der Waals surface area contributed by atoms with Crippen molar-refractivity contribution in [2.45, 2.75) is 91.0 Å². The van der Waals surface area contributed by atoms with Crippen LogP contribution in [0, 0.1) is 17.2 Å². The summed E-state index contributed by atoms with van der Waals surface area (Å²) in [7, 11) is 8.05. The monoisotopic (exact) mass is 1030 g/mol. The van der Waals surface area contributed by atoms with Crippen LogP contribution in [0.4, 0.5) is 21.1 Å². The molecule has 5 N–H and O–H groups in total. The molecule has 3 aromatic rings. The highest BCUT2D eigenvalue weighted by atomic mass is 16.6.